The number of benzene rings is 1. The lowest BCUT2D eigenvalue weighted by Gasteiger charge is -2.03. The lowest BCUT2D eigenvalue weighted by atomic mass is 10.3. The SMILES string of the molecule is C=CCNc1nnc(SCCOc2ccccc2)s1. The average Bonchev–Trinajstić information content (AvgIpc) is 2.90. The van der Waals surface area contributed by atoms with E-state index in [-0.39, 0.29) is 0 Å². The van der Waals surface area contributed by atoms with Gasteiger partial charge in [-0.2, -0.15) is 0 Å². The lowest BCUT2D eigenvalue weighted by molar-refractivity contribution is 0.344. The van der Waals surface area contributed by atoms with E-state index in [0.717, 1.165) is 21.0 Å². The van der Waals surface area contributed by atoms with Crippen LogP contribution < -0.4 is 10.1 Å². The van der Waals surface area contributed by atoms with Crippen molar-refractivity contribution >= 4 is 28.2 Å². The van der Waals surface area contributed by atoms with Gasteiger partial charge in [-0.1, -0.05) is 47.4 Å². The highest BCUT2D eigenvalue weighted by atomic mass is 32.2. The first-order chi connectivity index (χ1) is 9.38. The van der Waals surface area contributed by atoms with Crippen LogP contribution in [-0.2, 0) is 0 Å². The van der Waals surface area contributed by atoms with Gasteiger partial charge >= 0.3 is 0 Å². The van der Waals surface area contributed by atoms with Crippen LogP contribution in [0.15, 0.2) is 47.3 Å². The van der Waals surface area contributed by atoms with Crippen molar-refractivity contribution in [2.75, 3.05) is 24.2 Å². The highest BCUT2D eigenvalue weighted by Crippen LogP contribution is 2.25. The number of thioether (sulfide) groups is 1. The number of rotatable bonds is 8. The molecule has 0 spiro atoms. The molecule has 19 heavy (non-hydrogen) atoms. The maximum Gasteiger partial charge on any atom is 0.206 e. The maximum absolute atomic E-state index is 5.61. The Balaban J connectivity index is 1.68. The highest BCUT2D eigenvalue weighted by Gasteiger charge is 2.03. The molecule has 0 atom stereocenters. The van der Waals surface area contributed by atoms with E-state index in [2.05, 4.69) is 22.1 Å². The van der Waals surface area contributed by atoms with E-state index in [9.17, 15) is 0 Å². The number of para-hydroxylation sites is 1. The van der Waals surface area contributed by atoms with Crippen molar-refractivity contribution in [2.24, 2.45) is 0 Å². The topological polar surface area (TPSA) is 47.0 Å². The van der Waals surface area contributed by atoms with Crippen LogP contribution in [-0.4, -0.2) is 29.1 Å². The van der Waals surface area contributed by atoms with Gasteiger partial charge in [0.25, 0.3) is 0 Å². The minimum absolute atomic E-state index is 0.656. The molecule has 0 radical (unpaired) electrons. The molecule has 0 saturated heterocycles. The van der Waals surface area contributed by atoms with E-state index in [1.165, 1.54) is 0 Å². The molecule has 100 valence electrons. The fraction of sp³-hybridized carbons (Fsp3) is 0.231. The molecule has 2 rings (SSSR count). The molecule has 1 aromatic carbocycles. The highest BCUT2D eigenvalue weighted by molar-refractivity contribution is 8.01. The van der Waals surface area contributed by atoms with Crippen LogP contribution >= 0.6 is 23.1 Å². The summed E-state index contributed by atoms with van der Waals surface area (Å²) < 4.78 is 6.55. The predicted molar refractivity (Wildman–Crippen MR) is 81.3 cm³/mol. The number of hydrogen-bond acceptors (Lipinski definition) is 6. The van der Waals surface area contributed by atoms with Crippen molar-refractivity contribution in [1.82, 2.24) is 10.2 Å². The Labute approximate surface area is 120 Å². The molecule has 4 nitrogen and oxygen atoms in total. The lowest BCUT2D eigenvalue weighted by Crippen LogP contribution is -1.99. The third-order valence-corrected chi connectivity index (χ3v) is 4.10. The van der Waals surface area contributed by atoms with E-state index < -0.39 is 0 Å². The summed E-state index contributed by atoms with van der Waals surface area (Å²) >= 11 is 3.19. The zero-order valence-electron chi connectivity index (χ0n) is 10.4. The number of nitrogens with zero attached hydrogens (tertiary/aromatic N) is 2. The second-order valence-corrected chi connectivity index (χ2v) is 5.87. The van der Waals surface area contributed by atoms with Crippen LogP contribution in [0.5, 0.6) is 5.75 Å². The molecule has 0 aliphatic carbocycles. The minimum Gasteiger partial charge on any atom is -0.493 e. The van der Waals surface area contributed by atoms with Crippen molar-refractivity contribution in [1.29, 1.82) is 0 Å². The standard InChI is InChI=1S/C13H15N3OS2/c1-2-8-14-12-15-16-13(19-12)18-10-9-17-11-6-4-3-5-7-11/h2-7H,1,8-10H2,(H,14,15). The van der Waals surface area contributed by atoms with Crippen LogP contribution in [0.25, 0.3) is 0 Å². The van der Waals surface area contributed by atoms with E-state index in [1.807, 2.05) is 30.3 Å². The van der Waals surface area contributed by atoms with E-state index in [4.69, 9.17) is 4.74 Å². The first kappa shape index (κ1) is 13.9. The summed E-state index contributed by atoms with van der Waals surface area (Å²) in [4.78, 5) is 0. The van der Waals surface area contributed by atoms with E-state index in [0.29, 0.717) is 13.2 Å². The quantitative estimate of drug-likeness (QED) is 0.460. The second-order valence-electron chi connectivity index (χ2n) is 3.55. The number of ether oxygens (including phenoxy) is 1. The molecule has 1 heterocycles. The van der Waals surface area contributed by atoms with Gasteiger partial charge in [0.2, 0.25) is 5.13 Å². The van der Waals surface area contributed by atoms with Gasteiger partial charge in [0.15, 0.2) is 4.34 Å². The first-order valence-electron chi connectivity index (χ1n) is 5.87. The summed E-state index contributed by atoms with van der Waals surface area (Å²) in [5.41, 5.74) is 0. The Morgan fingerprint density at radius 3 is 2.95 bits per heavy atom. The Hall–Kier alpha value is -1.53. The van der Waals surface area contributed by atoms with Gasteiger partial charge in [0.1, 0.15) is 5.75 Å². The van der Waals surface area contributed by atoms with Crippen LogP contribution in [0.4, 0.5) is 5.13 Å². The molecule has 0 aliphatic heterocycles. The predicted octanol–water partition coefficient (Wildman–Crippen LogP) is 3.31. The molecule has 0 unspecified atom stereocenters. The normalized spacial score (nSPS) is 10.1. The number of anilines is 1. The largest absolute Gasteiger partial charge is 0.493 e. The van der Waals surface area contributed by atoms with Crippen molar-refractivity contribution < 1.29 is 4.74 Å². The number of aromatic nitrogens is 2. The molecular weight excluding hydrogens is 278 g/mol. The molecule has 1 aromatic heterocycles. The van der Waals surface area contributed by atoms with Gasteiger partial charge in [-0.3, -0.25) is 0 Å². The van der Waals surface area contributed by atoms with Crippen LogP contribution in [0, 0.1) is 0 Å². The van der Waals surface area contributed by atoms with E-state index in [1.54, 1.807) is 29.2 Å². The molecule has 0 fully saturated rings. The van der Waals surface area contributed by atoms with Crippen LogP contribution in [0.3, 0.4) is 0 Å². The summed E-state index contributed by atoms with van der Waals surface area (Å²) in [7, 11) is 0. The van der Waals surface area contributed by atoms with Crippen molar-refractivity contribution in [3.05, 3.63) is 43.0 Å². The van der Waals surface area contributed by atoms with Gasteiger partial charge in [0.05, 0.1) is 6.61 Å². The molecule has 2 aromatic rings. The third kappa shape index (κ3) is 4.92. The number of nitrogens with one attached hydrogen (secondary N) is 1. The summed E-state index contributed by atoms with van der Waals surface area (Å²) in [5.74, 6) is 1.75. The molecule has 0 amide bonds. The fourth-order valence-electron chi connectivity index (χ4n) is 1.30. The Kier molecular flexibility index (Phi) is 5.71. The first-order valence-corrected chi connectivity index (χ1v) is 7.67. The van der Waals surface area contributed by atoms with Crippen LogP contribution in [0.1, 0.15) is 0 Å². The van der Waals surface area contributed by atoms with Crippen molar-refractivity contribution in [3.8, 4) is 5.75 Å². The molecular formula is C13H15N3OS2. The van der Waals surface area contributed by atoms with Crippen LogP contribution in [0.2, 0.25) is 0 Å². The zero-order valence-corrected chi connectivity index (χ0v) is 12.0. The van der Waals surface area contributed by atoms with Crippen molar-refractivity contribution in [3.63, 3.8) is 0 Å². The Bertz CT molecular complexity index is 502. The van der Waals surface area contributed by atoms with Crippen molar-refractivity contribution in [2.45, 2.75) is 4.34 Å². The molecule has 6 heteroatoms. The summed E-state index contributed by atoms with van der Waals surface area (Å²) in [6.07, 6.45) is 1.79. The Morgan fingerprint density at radius 1 is 1.32 bits per heavy atom. The monoisotopic (exact) mass is 293 g/mol. The molecule has 0 bridgehead atoms. The average molecular weight is 293 g/mol. The Morgan fingerprint density at radius 2 is 2.16 bits per heavy atom. The maximum atomic E-state index is 5.61. The van der Waals surface area contributed by atoms with E-state index >= 15 is 0 Å². The third-order valence-electron chi connectivity index (χ3n) is 2.12. The summed E-state index contributed by atoms with van der Waals surface area (Å²) in [6.45, 7) is 5.01. The minimum atomic E-state index is 0.656. The molecule has 0 aliphatic rings. The van der Waals surface area contributed by atoms with Gasteiger partial charge in [0, 0.05) is 12.3 Å². The summed E-state index contributed by atoms with van der Waals surface area (Å²) in [6, 6.07) is 9.80. The molecule has 0 saturated carbocycles. The fourth-order valence-corrected chi connectivity index (χ4v) is 2.95. The van der Waals surface area contributed by atoms with Gasteiger partial charge in [-0.25, -0.2) is 0 Å². The smallest absolute Gasteiger partial charge is 0.206 e. The van der Waals surface area contributed by atoms with Gasteiger partial charge in [-0.15, -0.1) is 16.8 Å². The number of hydrogen-bond donors (Lipinski definition) is 1. The van der Waals surface area contributed by atoms with Gasteiger partial charge in [-0.05, 0) is 12.1 Å². The summed E-state index contributed by atoms with van der Waals surface area (Å²) in [5, 5.41) is 12.1. The second kappa shape index (κ2) is 7.81. The molecule has 1 N–H and O–H groups in total. The van der Waals surface area contributed by atoms with Gasteiger partial charge < -0.3 is 10.1 Å². The zero-order chi connectivity index (χ0) is 13.3.